The average Bonchev–Trinajstić information content (AvgIpc) is 3.23. The van der Waals surface area contributed by atoms with E-state index in [1.54, 1.807) is 4.90 Å². The van der Waals surface area contributed by atoms with E-state index < -0.39 is 0 Å². The number of likely N-dealkylation sites (tertiary alicyclic amines) is 1. The van der Waals surface area contributed by atoms with Crippen molar-refractivity contribution in [2.24, 2.45) is 10.7 Å². The molecule has 1 aliphatic carbocycles. The first kappa shape index (κ1) is 25.7. The van der Waals surface area contributed by atoms with Gasteiger partial charge in [-0.15, -0.1) is 24.0 Å². The minimum absolute atomic E-state index is 0. The average molecular weight is 542 g/mol. The predicted molar refractivity (Wildman–Crippen MR) is 139 cm³/mol. The number of hydrogen-bond acceptors (Lipinski definition) is 2. The number of nitrogens with two attached hydrogens (primary N) is 1. The standard InChI is InChI=1S/C24H39N5O.HI/c1-4-26-23(28-21-11-15-29(16-12-21)22(25)30)27-17-24(13-5-6-14-24)20-9-7-19(8-10-20)18(2)3;/h7-10,18,21H,4-6,11-17H2,1-3H3,(H2,25,30)(H2,26,27,28);1H. The van der Waals surface area contributed by atoms with Crippen LogP contribution in [0.25, 0.3) is 0 Å². The van der Waals surface area contributed by atoms with Crippen molar-refractivity contribution in [3.8, 4) is 0 Å². The molecule has 7 heteroatoms. The van der Waals surface area contributed by atoms with Crippen LogP contribution < -0.4 is 16.4 Å². The molecule has 31 heavy (non-hydrogen) atoms. The molecule has 0 aromatic heterocycles. The van der Waals surface area contributed by atoms with Crippen LogP contribution in [0.3, 0.4) is 0 Å². The van der Waals surface area contributed by atoms with Gasteiger partial charge in [0.15, 0.2) is 5.96 Å². The Morgan fingerprint density at radius 1 is 1.19 bits per heavy atom. The third kappa shape index (κ3) is 6.73. The second-order valence-corrected chi connectivity index (χ2v) is 9.20. The molecule has 4 N–H and O–H groups in total. The molecule has 0 spiro atoms. The fourth-order valence-electron chi connectivity index (χ4n) is 4.80. The summed E-state index contributed by atoms with van der Waals surface area (Å²) in [6, 6.07) is 9.25. The molecule has 1 aromatic rings. The van der Waals surface area contributed by atoms with Gasteiger partial charge in [0.25, 0.3) is 0 Å². The van der Waals surface area contributed by atoms with Crippen molar-refractivity contribution in [2.45, 2.75) is 76.7 Å². The Morgan fingerprint density at radius 3 is 2.32 bits per heavy atom. The maximum absolute atomic E-state index is 11.4. The van der Waals surface area contributed by atoms with E-state index in [-0.39, 0.29) is 35.4 Å². The highest BCUT2D eigenvalue weighted by Crippen LogP contribution is 2.41. The number of primary amides is 1. The number of amides is 2. The monoisotopic (exact) mass is 541 g/mol. The molecule has 0 radical (unpaired) electrons. The van der Waals surface area contributed by atoms with Crippen molar-refractivity contribution in [2.75, 3.05) is 26.2 Å². The molecule has 0 atom stereocenters. The molecular weight excluding hydrogens is 501 g/mol. The molecule has 1 saturated carbocycles. The van der Waals surface area contributed by atoms with E-state index >= 15 is 0 Å². The van der Waals surface area contributed by atoms with Gasteiger partial charge in [0.1, 0.15) is 0 Å². The topological polar surface area (TPSA) is 82.8 Å². The Hall–Kier alpha value is -1.51. The number of nitrogens with one attached hydrogen (secondary N) is 2. The van der Waals surface area contributed by atoms with E-state index in [0.29, 0.717) is 25.0 Å². The van der Waals surface area contributed by atoms with Crippen LogP contribution in [0, 0.1) is 0 Å². The lowest BCUT2D eigenvalue weighted by atomic mass is 9.78. The highest BCUT2D eigenvalue weighted by molar-refractivity contribution is 14.0. The lowest BCUT2D eigenvalue weighted by Crippen LogP contribution is -2.51. The maximum atomic E-state index is 11.4. The number of hydrogen-bond donors (Lipinski definition) is 3. The van der Waals surface area contributed by atoms with Crippen molar-refractivity contribution in [1.29, 1.82) is 0 Å². The summed E-state index contributed by atoms with van der Waals surface area (Å²) in [5.74, 6) is 1.45. The zero-order chi connectivity index (χ0) is 21.6. The third-order valence-electron chi connectivity index (χ3n) is 6.78. The number of rotatable bonds is 6. The Kier molecular flexibility index (Phi) is 9.90. The van der Waals surface area contributed by atoms with Crippen LogP contribution in [0.1, 0.15) is 76.3 Å². The SMILES string of the molecule is CCNC(=NCC1(c2ccc(C(C)C)cc2)CCCC1)NC1CCN(C(N)=O)CC1.I. The van der Waals surface area contributed by atoms with Gasteiger partial charge in [0.2, 0.25) is 0 Å². The van der Waals surface area contributed by atoms with Crippen LogP contribution in [0.4, 0.5) is 4.79 Å². The van der Waals surface area contributed by atoms with Gasteiger partial charge in [-0.1, -0.05) is 51.0 Å². The highest BCUT2D eigenvalue weighted by atomic mass is 127. The first-order valence-corrected chi connectivity index (χ1v) is 11.6. The molecule has 0 bridgehead atoms. The Morgan fingerprint density at radius 2 is 1.81 bits per heavy atom. The van der Waals surface area contributed by atoms with Gasteiger partial charge in [0.05, 0.1) is 6.54 Å². The van der Waals surface area contributed by atoms with E-state index in [1.807, 2.05) is 0 Å². The number of halogens is 1. The van der Waals surface area contributed by atoms with Crippen LogP contribution in [0.2, 0.25) is 0 Å². The molecule has 1 aromatic carbocycles. The fourth-order valence-corrected chi connectivity index (χ4v) is 4.80. The van der Waals surface area contributed by atoms with Crippen LogP contribution >= 0.6 is 24.0 Å². The fraction of sp³-hybridized carbons (Fsp3) is 0.667. The van der Waals surface area contributed by atoms with Gasteiger partial charge in [-0.05, 0) is 49.7 Å². The number of piperidine rings is 1. The number of carbonyl (C=O) groups excluding carboxylic acids is 1. The predicted octanol–water partition coefficient (Wildman–Crippen LogP) is 4.34. The van der Waals surface area contributed by atoms with E-state index in [0.717, 1.165) is 31.9 Å². The van der Waals surface area contributed by atoms with E-state index in [2.05, 4.69) is 55.7 Å². The summed E-state index contributed by atoms with van der Waals surface area (Å²) in [6.07, 6.45) is 6.75. The van der Waals surface area contributed by atoms with Gasteiger partial charge in [-0.25, -0.2) is 4.79 Å². The smallest absolute Gasteiger partial charge is 0.314 e. The third-order valence-corrected chi connectivity index (χ3v) is 6.78. The zero-order valence-corrected chi connectivity index (χ0v) is 21.7. The zero-order valence-electron chi connectivity index (χ0n) is 19.3. The molecule has 2 amide bonds. The maximum Gasteiger partial charge on any atom is 0.314 e. The molecule has 1 heterocycles. The molecule has 1 saturated heterocycles. The van der Waals surface area contributed by atoms with Gasteiger partial charge in [0, 0.05) is 31.1 Å². The van der Waals surface area contributed by atoms with Crippen molar-refractivity contribution in [3.05, 3.63) is 35.4 Å². The number of guanidine groups is 1. The Bertz CT molecular complexity index is 720. The Labute approximate surface area is 204 Å². The molecule has 2 fully saturated rings. The lowest BCUT2D eigenvalue weighted by Gasteiger charge is -2.32. The van der Waals surface area contributed by atoms with E-state index in [4.69, 9.17) is 10.7 Å². The Balaban J connectivity index is 0.00000341. The first-order chi connectivity index (χ1) is 14.4. The number of nitrogens with zero attached hydrogens (tertiary/aromatic N) is 2. The minimum atomic E-state index is -0.319. The summed E-state index contributed by atoms with van der Waals surface area (Å²) in [7, 11) is 0. The molecule has 6 nitrogen and oxygen atoms in total. The van der Waals surface area contributed by atoms with Crippen molar-refractivity contribution >= 4 is 36.0 Å². The summed E-state index contributed by atoms with van der Waals surface area (Å²) >= 11 is 0. The summed E-state index contributed by atoms with van der Waals surface area (Å²) < 4.78 is 0. The van der Waals surface area contributed by atoms with Gasteiger partial charge in [-0.2, -0.15) is 0 Å². The number of aliphatic imine (C=N–C) groups is 1. The van der Waals surface area contributed by atoms with Crippen LogP contribution in [0.5, 0.6) is 0 Å². The second-order valence-electron chi connectivity index (χ2n) is 9.20. The van der Waals surface area contributed by atoms with Crippen LogP contribution in [0.15, 0.2) is 29.3 Å². The highest BCUT2D eigenvalue weighted by Gasteiger charge is 2.35. The molecule has 1 aliphatic heterocycles. The van der Waals surface area contributed by atoms with Crippen LogP contribution in [-0.2, 0) is 5.41 Å². The van der Waals surface area contributed by atoms with Gasteiger partial charge < -0.3 is 21.3 Å². The molecule has 0 unspecified atom stereocenters. The van der Waals surface area contributed by atoms with Crippen molar-refractivity contribution in [1.82, 2.24) is 15.5 Å². The largest absolute Gasteiger partial charge is 0.357 e. The molecular formula is C24H40IN5O. The lowest BCUT2D eigenvalue weighted by molar-refractivity contribution is 0.188. The number of benzene rings is 1. The summed E-state index contributed by atoms with van der Waals surface area (Å²) in [6.45, 7) is 9.64. The molecule has 2 aliphatic rings. The van der Waals surface area contributed by atoms with Crippen molar-refractivity contribution in [3.63, 3.8) is 0 Å². The normalized spacial score (nSPS) is 19.2. The summed E-state index contributed by atoms with van der Waals surface area (Å²) in [5, 5.41) is 7.01. The van der Waals surface area contributed by atoms with Crippen molar-refractivity contribution < 1.29 is 4.79 Å². The van der Waals surface area contributed by atoms with Gasteiger partial charge in [-0.3, -0.25) is 4.99 Å². The number of carbonyl (C=O) groups is 1. The molecule has 3 rings (SSSR count). The molecule has 174 valence electrons. The number of urea groups is 1. The van der Waals surface area contributed by atoms with Crippen LogP contribution in [-0.4, -0.2) is 49.1 Å². The summed E-state index contributed by atoms with van der Waals surface area (Å²) in [4.78, 5) is 18.1. The van der Waals surface area contributed by atoms with Gasteiger partial charge >= 0.3 is 6.03 Å². The minimum Gasteiger partial charge on any atom is -0.357 e. The quantitative estimate of drug-likeness (QED) is 0.285. The summed E-state index contributed by atoms with van der Waals surface area (Å²) in [5.41, 5.74) is 8.38. The second kappa shape index (κ2) is 11.9. The van der Waals surface area contributed by atoms with E-state index in [9.17, 15) is 4.79 Å². The first-order valence-electron chi connectivity index (χ1n) is 11.6. The van der Waals surface area contributed by atoms with E-state index in [1.165, 1.54) is 36.8 Å².